The number of rotatable bonds is 3. The van der Waals surface area contributed by atoms with Crippen LogP contribution in [0.2, 0.25) is 0 Å². The van der Waals surface area contributed by atoms with E-state index in [1.54, 1.807) is 12.1 Å². The number of benzene rings is 1. The van der Waals surface area contributed by atoms with Gasteiger partial charge in [0.2, 0.25) is 0 Å². The molecule has 0 bridgehead atoms. The highest BCUT2D eigenvalue weighted by atomic mass is 79.9. The Hall–Kier alpha value is -0.870. The molecule has 0 saturated heterocycles. The van der Waals surface area contributed by atoms with Crippen molar-refractivity contribution in [2.24, 2.45) is 0 Å². The average Bonchev–Trinajstić information content (AvgIpc) is 2.67. The topological polar surface area (TPSA) is 26.0 Å². The first-order valence-corrected chi connectivity index (χ1v) is 5.99. The zero-order chi connectivity index (χ0) is 11.5. The lowest BCUT2D eigenvalue weighted by Crippen LogP contribution is -1.84. The molecule has 2 aromatic rings. The van der Waals surface area contributed by atoms with Crippen molar-refractivity contribution >= 4 is 27.5 Å². The van der Waals surface area contributed by atoms with Gasteiger partial charge in [-0.2, -0.15) is 0 Å². The summed E-state index contributed by atoms with van der Waals surface area (Å²) in [7, 11) is 0. The summed E-state index contributed by atoms with van der Waals surface area (Å²) in [5.74, 6) is 1.03. The number of alkyl halides is 1. The Balaban J connectivity index is 2.35. The number of nitrogens with zero attached hydrogens (tertiary/aromatic N) is 1. The van der Waals surface area contributed by atoms with Gasteiger partial charge in [0, 0.05) is 16.8 Å². The first-order valence-electron chi connectivity index (χ1n) is 4.67. The number of hydrogen-bond acceptors (Lipinski definition) is 2. The van der Waals surface area contributed by atoms with Gasteiger partial charge >= 0.3 is 0 Å². The van der Waals surface area contributed by atoms with Crippen molar-refractivity contribution in [3.8, 4) is 11.3 Å². The molecule has 0 fully saturated rings. The molecule has 2 nitrogen and oxygen atoms in total. The van der Waals surface area contributed by atoms with Crippen LogP contribution in [-0.2, 0) is 6.42 Å². The lowest BCUT2D eigenvalue weighted by atomic mass is 10.2. The minimum absolute atomic E-state index is 0.344. The molecule has 1 aromatic carbocycles. The standard InChI is InChI=1S/C11H8BrClFNO/c12-7-1-2-8(9(14)5-7)10-6-15-11(16-10)3-4-13/h1-2,5-6H,3-4H2. The van der Waals surface area contributed by atoms with Gasteiger partial charge in [-0.15, -0.1) is 11.6 Å². The molecule has 0 amide bonds. The molecule has 0 atom stereocenters. The van der Waals surface area contributed by atoms with Crippen LogP contribution < -0.4 is 0 Å². The van der Waals surface area contributed by atoms with Crippen LogP contribution in [-0.4, -0.2) is 10.9 Å². The van der Waals surface area contributed by atoms with Crippen LogP contribution in [0.1, 0.15) is 5.89 Å². The largest absolute Gasteiger partial charge is 0.441 e. The Kier molecular flexibility index (Phi) is 3.61. The van der Waals surface area contributed by atoms with Gasteiger partial charge in [-0.1, -0.05) is 15.9 Å². The quantitative estimate of drug-likeness (QED) is 0.800. The van der Waals surface area contributed by atoms with E-state index >= 15 is 0 Å². The maximum Gasteiger partial charge on any atom is 0.196 e. The van der Waals surface area contributed by atoms with E-state index in [-0.39, 0.29) is 5.82 Å². The van der Waals surface area contributed by atoms with Crippen LogP contribution in [0, 0.1) is 5.82 Å². The third kappa shape index (κ3) is 2.44. The molecule has 0 unspecified atom stereocenters. The Bertz CT molecular complexity index is 500. The van der Waals surface area contributed by atoms with Gasteiger partial charge in [0.1, 0.15) is 5.82 Å². The molecule has 0 spiro atoms. The highest BCUT2D eigenvalue weighted by molar-refractivity contribution is 9.10. The summed E-state index contributed by atoms with van der Waals surface area (Å²) in [6, 6.07) is 4.78. The lowest BCUT2D eigenvalue weighted by molar-refractivity contribution is 0.510. The van der Waals surface area contributed by atoms with E-state index in [4.69, 9.17) is 16.0 Å². The van der Waals surface area contributed by atoms with Gasteiger partial charge in [0.05, 0.1) is 11.8 Å². The summed E-state index contributed by atoms with van der Waals surface area (Å²) in [6.07, 6.45) is 2.05. The molecule has 0 aliphatic heterocycles. The Morgan fingerprint density at radius 2 is 2.25 bits per heavy atom. The van der Waals surface area contributed by atoms with Crippen LogP contribution in [0.15, 0.2) is 33.3 Å². The fourth-order valence-corrected chi connectivity index (χ4v) is 1.82. The SMILES string of the molecule is Fc1cc(Br)ccc1-c1cnc(CCCl)o1. The molecule has 1 aromatic heterocycles. The van der Waals surface area contributed by atoms with Gasteiger partial charge in [-0.05, 0) is 18.2 Å². The molecule has 0 aliphatic rings. The van der Waals surface area contributed by atoms with Crippen molar-refractivity contribution in [1.29, 1.82) is 0 Å². The molecule has 0 saturated carbocycles. The molecule has 1 heterocycles. The van der Waals surface area contributed by atoms with Crippen LogP contribution >= 0.6 is 27.5 Å². The van der Waals surface area contributed by atoms with Crippen molar-refractivity contribution in [3.63, 3.8) is 0 Å². The molecule has 16 heavy (non-hydrogen) atoms. The second-order valence-corrected chi connectivity index (χ2v) is 4.48. The molecule has 0 N–H and O–H groups in total. The van der Waals surface area contributed by atoms with Gasteiger partial charge in [-0.3, -0.25) is 0 Å². The molecule has 0 aliphatic carbocycles. The number of oxazole rings is 1. The summed E-state index contributed by atoms with van der Waals surface area (Å²) >= 11 is 8.76. The fourth-order valence-electron chi connectivity index (χ4n) is 1.32. The number of aromatic nitrogens is 1. The number of halogens is 3. The van der Waals surface area contributed by atoms with Crippen molar-refractivity contribution in [1.82, 2.24) is 4.98 Å². The molecule has 84 valence electrons. The van der Waals surface area contributed by atoms with E-state index < -0.39 is 0 Å². The Morgan fingerprint density at radius 1 is 1.44 bits per heavy atom. The normalized spacial score (nSPS) is 10.7. The third-order valence-electron chi connectivity index (χ3n) is 2.06. The number of aryl methyl sites for hydroxylation is 1. The second kappa shape index (κ2) is 4.97. The summed E-state index contributed by atoms with van der Waals surface area (Å²) in [4.78, 5) is 4.02. The van der Waals surface area contributed by atoms with E-state index in [2.05, 4.69) is 20.9 Å². The minimum atomic E-state index is -0.344. The number of hydrogen-bond donors (Lipinski definition) is 0. The highest BCUT2D eigenvalue weighted by Crippen LogP contribution is 2.26. The predicted molar refractivity (Wildman–Crippen MR) is 64.0 cm³/mol. The molecular weight excluding hydrogens is 296 g/mol. The molecule has 0 radical (unpaired) electrons. The molecular formula is C11H8BrClFNO. The van der Waals surface area contributed by atoms with Gasteiger partial charge in [0.25, 0.3) is 0 Å². The summed E-state index contributed by atoms with van der Waals surface area (Å²) in [6.45, 7) is 0. The van der Waals surface area contributed by atoms with E-state index in [1.807, 2.05) is 0 Å². The van der Waals surface area contributed by atoms with Gasteiger partial charge < -0.3 is 4.42 Å². The van der Waals surface area contributed by atoms with Crippen molar-refractivity contribution in [2.75, 3.05) is 5.88 Å². The van der Waals surface area contributed by atoms with Crippen LogP contribution in [0.25, 0.3) is 11.3 Å². The minimum Gasteiger partial charge on any atom is -0.441 e. The van der Waals surface area contributed by atoms with E-state index in [1.165, 1.54) is 12.3 Å². The summed E-state index contributed by atoms with van der Waals surface area (Å²) in [5.41, 5.74) is 0.400. The third-order valence-corrected chi connectivity index (χ3v) is 2.74. The van der Waals surface area contributed by atoms with Crippen molar-refractivity contribution in [2.45, 2.75) is 6.42 Å². The van der Waals surface area contributed by atoms with E-state index in [0.29, 0.717) is 34.0 Å². The molecule has 2 rings (SSSR count). The fraction of sp³-hybridized carbons (Fsp3) is 0.182. The monoisotopic (exact) mass is 303 g/mol. The van der Waals surface area contributed by atoms with Crippen molar-refractivity contribution in [3.05, 3.63) is 40.6 Å². The summed E-state index contributed by atoms with van der Waals surface area (Å²) in [5, 5.41) is 0. The second-order valence-electron chi connectivity index (χ2n) is 3.18. The maximum atomic E-state index is 13.6. The zero-order valence-electron chi connectivity index (χ0n) is 8.21. The van der Waals surface area contributed by atoms with Gasteiger partial charge in [0.15, 0.2) is 11.7 Å². The predicted octanol–water partition coefficient (Wildman–Crippen LogP) is 4.02. The Labute approximate surface area is 106 Å². The molecule has 5 heteroatoms. The lowest BCUT2D eigenvalue weighted by Gasteiger charge is -1.99. The first kappa shape index (κ1) is 11.6. The summed E-state index contributed by atoms with van der Waals surface area (Å²) < 4.78 is 19.7. The smallest absolute Gasteiger partial charge is 0.196 e. The highest BCUT2D eigenvalue weighted by Gasteiger charge is 2.10. The van der Waals surface area contributed by atoms with E-state index in [0.717, 1.165) is 0 Å². The van der Waals surface area contributed by atoms with Crippen molar-refractivity contribution < 1.29 is 8.81 Å². The maximum absolute atomic E-state index is 13.6. The van der Waals surface area contributed by atoms with E-state index in [9.17, 15) is 4.39 Å². The van der Waals surface area contributed by atoms with Gasteiger partial charge in [-0.25, -0.2) is 9.37 Å². The average molecular weight is 305 g/mol. The van der Waals surface area contributed by atoms with Crippen LogP contribution in [0.4, 0.5) is 4.39 Å². The first-order chi connectivity index (χ1) is 7.70. The Morgan fingerprint density at radius 3 is 2.94 bits per heavy atom. The van der Waals surface area contributed by atoms with Crippen LogP contribution in [0.3, 0.4) is 0 Å². The van der Waals surface area contributed by atoms with Crippen LogP contribution in [0.5, 0.6) is 0 Å². The zero-order valence-corrected chi connectivity index (χ0v) is 10.6.